The zero-order valence-corrected chi connectivity index (χ0v) is 17.8. The van der Waals surface area contributed by atoms with Crippen LogP contribution in [0.25, 0.3) is 5.69 Å². The van der Waals surface area contributed by atoms with Crippen LogP contribution in [-0.2, 0) is 10.0 Å². The van der Waals surface area contributed by atoms with Crippen molar-refractivity contribution in [2.24, 2.45) is 0 Å². The number of nitrogens with one attached hydrogen (secondary N) is 1. The van der Waals surface area contributed by atoms with Gasteiger partial charge < -0.3 is 5.32 Å². The van der Waals surface area contributed by atoms with E-state index in [4.69, 9.17) is 0 Å². The van der Waals surface area contributed by atoms with Crippen LogP contribution in [0.15, 0.2) is 41.8 Å². The third-order valence-electron chi connectivity index (χ3n) is 4.84. The second-order valence-corrected chi connectivity index (χ2v) is 9.66. The maximum absolute atomic E-state index is 12.5. The molecule has 9 heteroatoms. The van der Waals surface area contributed by atoms with Gasteiger partial charge in [-0.15, -0.1) is 0 Å². The molecule has 0 spiro atoms. The molecular weight excluding hydrogens is 396 g/mol. The van der Waals surface area contributed by atoms with Crippen molar-refractivity contribution in [2.45, 2.75) is 37.4 Å². The summed E-state index contributed by atoms with van der Waals surface area (Å²) in [6.45, 7) is 2.79. The van der Waals surface area contributed by atoms with E-state index in [0.717, 1.165) is 10.8 Å². The van der Waals surface area contributed by atoms with Gasteiger partial charge in [0.2, 0.25) is 10.0 Å². The molecule has 0 bridgehead atoms. The first-order chi connectivity index (χ1) is 13.4. The van der Waals surface area contributed by atoms with Crippen molar-refractivity contribution in [3.63, 3.8) is 0 Å². The van der Waals surface area contributed by atoms with Crippen LogP contribution in [0, 0.1) is 0 Å². The number of piperidine rings is 1. The third kappa shape index (κ3) is 4.76. The maximum atomic E-state index is 12.5. The number of hydrogen-bond acceptors (Lipinski definition) is 5. The molecule has 0 atom stereocenters. The van der Waals surface area contributed by atoms with Crippen molar-refractivity contribution < 1.29 is 13.2 Å². The van der Waals surface area contributed by atoms with Gasteiger partial charge in [-0.05, 0) is 49.8 Å². The number of hydrogen-bond donors (Lipinski definition) is 1. The molecule has 152 valence electrons. The highest BCUT2D eigenvalue weighted by Crippen LogP contribution is 2.19. The molecule has 2 aromatic rings. The number of rotatable bonds is 7. The average Bonchev–Trinajstić information content (AvgIpc) is 3.17. The SMILES string of the molecule is CCCS(=O)(=O)N1CCC(NC(=O)c2ccc(-n3ccnc3SC)cc2)CC1. The monoisotopic (exact) mass is 422 g/mol. The summed E-state index contributed by atoms with van der Waals surface area (Å²) in [4.78, 5) is 16.8. The topological polar surface area (TPSA) is 84.3 Å². The summed E-state index contributed by atoms with van der Waals surface area (Å²) in [5.74, 6) is 0.0584. The van der Waals surface area contributed by atoms with Gasteiger partial charge in [-0.3, -0.25) is 9.36 Å². The molecule has 1 saturated heterocycles. The zero-order valence-electron chi connectivity index (χ0n) is 16.2. The number of benzene rings is 1. The number of sulfonamides is 1. The highest BCUT2D eigenvalue weighted by Gasteiger charge is 2.28. The maximum Gasteiger partial charge on any atom is 0.251 e. The largest absolute Gasteiger partial charge is 0.349 e. The number of aromatic nitrogens is 2. The van der Waals surface area contributed by atoms with Gasteiger partial charge in [0.05, 0.1) is 5.75 Å². The van der Waals surface area contributed by atoms with E-state index in [1.165, 1.54) is 0 Å². The van der Waals surface area contributed by atoms with Crippen molar-refractivity contribution >= 4 is 27.7 Å². The van der Waals surface area contributed by atoms with Crippen molar-refractivity contribution in [2.75, 3.05) is 25.1 Å². The molecule has 28 heavy (non-hydrogen) atoms. The Labute approximate surface area is 170 Å². The van der Waals surface area contributed by atoms with Crippen LogP contribution in [0.3, 0.4) is 0 Å². The highest BCUT2D eigenvalue weighted by molar-refractivity contribution is 7.98. The van der Waals surface area contributed by atoms with Gasteiger partial charge in [0, 0.05) is 42.8 Å². The Balaban J connectivity index is 1.57. The molecule has 0 radical (unpaired) electrons. The minimum Gasteiger partial charge on any atom is -0.349 e. The molecular formula is C19H26N4O3S2. The Morgan fingerprint density at radius 1 is 1.25 bits per heavy atom. The molecule has 2 heterocycles. The molecule has 3 rings (SSSR count). The number of nitrogens with zero attached hydrogens (tertiary/aromatic N) is 3. The number of imidazole rings is 1. The lowest BCUT2D eigenvalue weighted by Crippen LogP contribution is -2.47. The molecule has 1 aliphatic rings. The Bertz CT molecular complexity index is 902. The minimum atomic E-state index is -3.16. The van der Waals surface area contributed by atoms with Gasteiger partial charge in [-0.1, -0.05) is 18.7 Å². The van der Waals surface area contributed by atoms with Crippen LogP contribution >= 0.6 is 11.8 Å². The molecule has 0 aliphatic carbocycles. The van der Waals surface area contributed by atoms with Crippen LogP contribution < -0.4 is 5.32 Å². The van der Waals surface area contributed by atoms with E-state index < -0.39 is 10.0 Å². The van der Waals surface area contributed by atoms with E-state index in [1.54, 1.807) is 34.4 Å². The Hall–Kier alpha value is -1.84. The standard InChI is InChI=1S/C19H26N4O3S2/c1-3-14-28(25,26)22-11-8-16(9-12-22)21-18(24)15-4-6-17(7-5-15)23-13-10-20-19(23)27-2/h4-7,10,13,16H,3,8-9,11-12,14H2,1-2H3,(H,21,24). The van der Waals surface area contributed by atoms with E-state index in [2.05, 4.69) is 10.3 Å². The van der Waals surface area contributed by atoms with E-state index in [1.807, 2.05) is 36.1 Å². The second-order valence-electron chi connectivity index (χ2n) is 6.79. The predicted molar refractivity (Wildman–Crippen MR) is 111 cm³/mol. The number of thioether (sulfide) groups is 1. The van der Waals surface area contributed by atoms with Crippen molar-refractivity contribution in [3.8, 4) is 5.69 Å². The highest BCUT2D eigenvalue weighted by atomic mass is 32.2. The van der Waals surface area contributed by atoms with Crippen LogP contribution in [0.5, 0.6) is 0 Å². The van der Waals surface area contributed by atoms with Gasteiger partial charge in [-0.2, -0.15) is 0 Å². The minimum absolute atomic E-state index is 0.00278. The van der Waals surface area contributed by atoms with Crippen molar-refractivity contribution in [1.29, 1.82) is 0 Å². The lowest BCUT2D eigenvalue weighted by atomic mass is 10.1. The van der Waals surface area contributed by atoms with Crippen LogP contribution in [0.1, 0.15) is 36.5 Å². The van der Waals surface area contributed by atoms with Gasteiger partial charge in [0.25, 0.3) is 5.91 Å². The Morgan fingerprint density at radius 2 is 1.93 bits per heavy atom. The molecule has 0 unspecified atom stereocenters. The second kappa shape index (κ2) is 9.11. The van der Waals surface area contributed by atoms with Crippen LogP contribution in [0.4, 0.5) is 0 Å². The summed E-state index contributed by atoms with van der Waals surface area (Å²) in [7, 11) is -3.16. The van der Waals surface area contributed by atoms with E-state index in [9.17, 15) is 13.2 Å². The lowest BCUT2D eigenvalue weighted by molar-refractivity contribution is 0.0924. The molecule has 1 amide bonds. The first-order valence-electron chi connectivity index (χ1n) is 9.41. The van der Waals surface area contributed by atoms with Gasteiger partial charge in [-0.25, -0.2) is 17.7 Å². The Morgan fingerprint density at radius 3 is 2.54 bits per heavy atom. The fraction of sp³-hybridized carbons (Fsp3) is 0.474. The molecule has 1 aliphatic heterocycles. The lowest BCUT2D eigenvalue weighted by Gasteiger charge is -2.31. The fourth-order valence-corrected chi connectivity index (χ4v) is 5.42. The molecule has 1 N–H and O–H groups in total. The van der Waals surface area contributed by atoms with Crippen molar-refractivity contribution in [1.82, 2.24) is 19.2 Å². The first kappa shape index (κ1) is 20.9. The fourth-order valence-electron chi connectivity index (χ4n) is 3.34. The summed E-state index contributed by atoms with van der Waals surface area (Å²) in [5, 5.41) is 3.92. The normalized spacial score (nSPS) is 16.2. The summed E-state index contributed by atoms with van der Waals surface area (Å²) in [5.41, 5.74) is 1.54. The van der Waals surface area contributed by atoms with Gasteiger partial charge in [0.15, 0.2) is 5.16 Å². The summed E-state index contributed by atoms with van der Waals surface area (Å²) >= 11 is 1.56. The Kier molecular flexibility index (Phi) is 6.79. The van der Waals surface area contributed by atoms with E-state index >= 15 is 0 Å². The molecule has 1 aromatic carbocycles. The summed E-state index contributed by atoms with van der Waals surface area (Å²) in [6.07, 6.45) is 7.50. The number of amides is 1. The van der Waals surface area contributed by atoms with E-state index in [-0.39, 0.29) is 17.7 Å². The zero-order chi connectivity index (χ0) is 20.1. The molecule has 0 saturated carbocycles. The molecule has 1 aromatic heterocycles. The molecule has 7 nitrogen and oxygen atoms in total. The van der Waals surface area contributed by atoms with Crippen LogP contribution in [-0.4, -0.2) is 59.3 Å². The molecule has 1 fully saturated rings. The summed E-state index contributed by atoms with van der Waals surface area (Å²) < 4.78 is 27.8. The van der Waals surface area contributed by atoms with Gasteiger partial charge in [0.1, 0.15) is 0 Å². The van der Waals surface area contributed by atoms with Crippen molar-refractivity contribution in [3.05, 3.63) is 42.2 Å². The van der Waals surface area contributed by atoms with E-state index in [0.29, 0.717) is 37.9 Å². The van der Waals surface area contributed by atoms with Gasteiger partial charge >= 0.3 is 0 Å². The van der Waals surface area contributed by atoms with Crippen LogP contribution in [0.2, 0.25) is 0 Å². The third-order valence-corrected chi connectivity index (χ3v) is 7.58. The quantitative estimate of drug-likeness (QED) is 0.693. The smallest absolute Gasteiger partial charge is 0.251 e. The predicted octanol–water partition coefficient (Wildman–Crippen LogP) is 2.53. The summed E-state index contributed by atoms with van der Waals surface area (Å²) in [6, 6.07) is 7.40. The number of carbonyl (C=O) groups excluding carboxylic acids is 1. The first-order valence-corrected chi connectivity index (χ1v) is 12.2. The number of carbonyl (C=O) groups is 1. The average molecular weight is 423 g/mol.